The van der Waals surface area contributed by atoms with Gasteiger partial charge in [-0.15, -0.1) is 0 Å². The summed E-state index contributed by atoms with van der Waals surface area (Å²) in [4.78, 5) is 8.30. The average molecular weight is 310 g/mol. The van der Waals surface area contributed by atoms with E-state index < -0.39 is 0 Å². The van der Waals surface area contributed by atoms with E-state index in [0.717, 1.165) is 9.50 Å². The van der Waals surface area contributed by atoms with E-state index in [1.165, 1.54) is 5.56 Å². The van der Waals surface area contributed by atoms with Crippen LogP contribution in [0, 0.1) is 0 Å². The van der Waals surface area contributed by atoms with Gasteiger partial charge in [-0.25, -0.2) is 4.98 Å². The maximum atomic E-state index is 5.82. The van der Waals surface area contributed by atoms with Gasteiger partial charge in [-0.3, -0.25) is 4.98 Å². The molecule has 0 saturated heterocycles. The third kappa shape index (κ3) is 3.52. The Morgan fingerprint density at radius 1 is 1.35 bits per heavy atom. The second-order valence-electron chi connectivity index (χ2n) is 3.44. The summed E-state index contributed by atoms with van der Waals surface area (Å²) in [6.45, 7) is 0.567. The molecule has 88 valence electrons. The SMILES string of the molecule is NCC(Sc1cnccn1)c1cccc(Br)c1. The zero-order valence-electron chi connectivity index (χ0n) is 9.08. The van der Waals surface area contributed by atoms with Crippen molar-refractivity contribution in [1.29, 1.82) is 0 Å². The summed E-state index contributed by atoms with van der Waals surface area (Å²) in [6, 6.07) is 8.18. The van der Waals surface area contributed by atoms with Crippen LogP contribution in [0.25, 0.3) is 0 Å². The Labute approximate surface area is 113 Å². The highest BCUT2D eigenvalue weighted by molar-refractivity contribution is 9.10. The van der Waals surface area contributed by atoms with Crippen LogP contribution in [0.4, 0.5) is 0 Å². The quantitative estimate of drug-likeness (QED) is 0.882. The van der Waals surface area contributed by atoms with Crippen molar-refractivity contribution in [2.75, 3.05) is 6.54 Å². The third-order valence-corrected chi connectivity index (χ3v) is 3.93. The number of hydrogen-bond acceptors (Lipinski definition) is 4. The summed E-state index contributed by atoms with van der Waals surface area (Å²) >= 11 is 5.10. The normalized spacial score (nSPS) is 12.4. The van der Waals surface area contributed by atoms with Crippen LogP contribution in [-0.2, 0) is 0 Å². The molecule has 1 aromatic heterocycles. The van der Waals surface area contributed by atoms with E-state index in [4.69, 9.17) is 5.73 Å². The molecule has 0 radical (unpaired) electrons. The molecule has 1 aromatic carbocycles. The van der Waals surface area contributed by atoms with Gasteiger partial charge < -0.3 is 5.73 Å². The van der Waals surface area contributed by atoms with Crippen LogP contribution in [0.3, 0.4) is 0 Å². The van der Waals surface area contributed by atoms with Gasteiger partial charge in [-0.05, 0) is 17.7 Å². The molecule has 2 N–H and O–H groups in total. The van der Waals surface area contributed by atoms with Gasteiger partial charge >= 0.3 is 0 Å². The average Bonchev–Trinajstić information content (AvgIpc) is 2.37. The summed E-state index contributed by atoms with van der Waals surface area (Å²) < 4.78 is 1.06. The van der Waals surface area contributed by atoms with Gasteiger partial charge in [0.2, 0.25) is 0 Å². The molecular formula is C12H12BrN3S. The van der Waals surface area contributed by atoms with Crippen molar-refractivity contribution in [2.45, 2.75) is 10.3 Å². The summed E-state index contributed by atoms with van der Waals surface area (Å²) in [5.41, 5.74) is 7.01. The lowest BCUT2D eigenvalue weighted by Gasteiger charge is -2.14. The molecule has 1 atom stereocenters. The highest BCUT2D eigenvalue weighted by Gasteiger charge is 2.12. The Bertz CT molecular complexity index is 478. The van der Waals surface area contributed by atoms with E-state index in [9.17, 15) is 0 Å². The molecule has 0 bridgehead atoms. The van der Waals surface area contributed by atoms with Crippen molar-refractivity contribution in [2.24, 2.45) is 5.73 Å². The molecule has 0 spiro atoms. The lowest BCUT2D eigenvalue weighted by Crippen LogP contribution is -2.09. The van der Waals surface area contributed by atoms with Crippen LogP contribution >= 0.6 is 27.7 Å². The van der Waals surface area contributed by atoms with Gasteiger partial charge in [0.25, 0.3) is 0 Å². The van der Waals surface area contributed by atoms with Crippen LogP contribution in [0.2, 0.25) is 0 Å². The molecule has 0 aliphatic carbocycles. The summed E-state index contributed by atoms with van der Waals surface area (Å²) in [5, 5.41) is 1.09. The Hall–Kier alpha value is -0.910. The predicted molar refractivity (Wildman–Crippen MR) is 73.8 cm³/mol. The first kappa shape index (κ1) is 12.5. The van der Waals surface area contributed by atoms with Crippen molar-refractivity contribution in [1.82, 2.24) is 9.97 Å². The molecule has 1 heterocycles. The van der Waals surface area contributed by atoms with Crippen molar-refractivity contribution in [3.63, 3.8) is 0 Å². The third-order valence-electron chi connectivity index (χ3n) is 2.24. The molecular weight excluding hydrogens is 298 g/mol. The Morgan fingerprint density at radius 2 is 2.24 bits per heavy atom. The van der Waals surface area contributed by atoms with Crippen molar-refractivity contribution < 1.29 is 0 Å². The molecule has 0 saturated carbocycles. The minimum atomic E-state index is 0.198. The highest BCUT2D eigenvalue weighted by Crippen LogP contribution is 2.33. The summed E-state index contributed by atoms with van der Waals surface area (Å²) in [5.74, 6) is 0. The fourth-order valence-corrected chi connectivity index (χ4v) is 2.78. The highest BCUT2D eigenvalue weighted by atomic mass is 79.9. The Balaban J connectivity index is 2.17. The maximum absolute atomic E-state index is 5.82. The second kappa shape index (κ2) is 6.14. The van der Waals surface area contributed by atoms with Gasteiger partial charge in [0, 0.05) is 28.7 Å². The number of halogens is 1. The maximum Gasteiger partial charge on any atom is 0.115 e. The van der Waals surface area contributed by atoms with Crippen LogP contribution < -0.4 is 5.73 Å². The number of aromatic nitrogens is 2. The van der Waals surface area contributed by atoms with Gasteiger partial charge in [0.05, 0.1) is 6.20 Å². The molecule has 2 rings (SSSR count). The zero-order chi connectivity index (χ0) is 12.1. The summed E-state index contributed by atoms with van der Waals surface area (Å²) in [7, 11) is 0. The topological polar surface area (TPSA) is 51.8 Å². The number of nitrogens with two attached hydrogens (primary N) is 1. The Morgan fingerprint density at radius 3 is 2.88 bits per heavy atom. The van der Waals surface area contributed by atoms with Gasteiger partial charge in [-0.1, -0.05) is 39.8 Å². The number of rotatable bonds is 4. The summed E-state index contributed by atoms with van der Waals surface area (Å²) in [6.07, 6.45) is 5.11. The van der Waals surface area contributed by atoms with Crippen LogP contribution in [0.5, 0.6) is 0 Å². The zero-order valence-corrected chi connectivity index (χ0v) is 11.5. The van der Waals surface area contributed by atoms with Gasteiger partial charge in [0.15, 0.2) is 0 Å². The second-order valence-corrected chi connectivity index (χ2v) is 5.58. The van der Waals surface area contributed by atoms with Crippen molar-refractivity contribution in [3.05, 3.63) is 52.9 Å². The minimum Gasteiger partial charge on any atom is -0.329 e. The number of benzene rings is 1. The fourth-order valence-electron chi connectivity index (χ4n) is 1.45. The van der Waals surface area contributed by atoms with E-state index in [-0.39, 0.29) is 5.25 Å². The molecule has 1 unspecified atom stereocenters. The monoisotopic (exact) mass is 309 g/mol. The molecule has 0 aliphatic heterocycles. The lowest BCUT2D eigenvalue weighted by atomic mass is 10.1. The van der Waals surface area contributed by atoms with Crippen LogP contribution in [0.1, 0.15) is 10.8 Å². The van der Waals surface area contributed by atoms with Crippen molar-refractivity contribution >= 4 is 27.7 Å². The molecule has 0 fully saturated rings. The van der Waals surface area contributed by atoms with E-state index in [1.807, 2.05) is 12.1 Å². The predicted octanol–water partition coefficient (Wildman–Crippen LogP) is 3.03. The largest absolute Gasteiger partial charge is 0.329 e. The molecule has 5 heteroatoms. The van der Waals surface area contributed by atoms with Crippen LogP contribution in [0.15, 0.2) is 52.4 Å². The molecule has 3 nitrogen and oxygen atoms in total. The van der Waals surface area contributed by atoms with E-state index in [0.29, 0.717) is 6.54 Å². The molecule has 2 aromatic rings. The molecule has 0 aliphatic rings. The van der Waals surface area contributed by atoms with E-state index >= 15 is 0 Å². The van der Waals surface area contributed by atoms with E-state index in [2.05, 4.69) is 38.0 Å². The van der Waals surface area contributed by atoms with Crippen molar-refractivity contribution in [3.8, 4) is 0 Å². The number of nitrogens with zero attached hydrogens (tertiary/aromatic N) is 2. The molecule has 17 heavy (non-hydrogen) atoms. The smallest absolute Gasteiger partial charge is 0.115 e. The Kier molecular flexibility index (Phi) is 4.53. The number of thioether (sulfide) groups is 1. The number of hydrogen-bond donors (Lipinski definition) is 1. The van der Waals surface area contributed by atoms with E-state index in [1.54, 1.807) is 30.4 Å². The lowest BCUT2D eigenvalue weighted by molar-refractivity contribution is 0.930. The first-order valence-electron chi connectivity index (χ1n) is 5.18. The first-order valence-corrected chi connectivity index (χ1v) is 6.85. The minimum absolute atomic E-state index is 0.198. The molecule has 0 amide bonds. The fraction of sp³-hybridized carbons (Fsp3) is 0.167. The standard InChI is InChI=1S/C12H12BrN3S/c13-10-3-1-2-9(6-10)11(7-14)17-12-8-15-4-5-16-12/h1-6,8,11H,7,14H2. The first-order chi connectivity index (χ1) is 8.29. The van der Waals surface area contributed by atoms with Crippen LogP contribution in [-0.4, -0.2) is 16.5 Å². The van der Waals surface area contributed by atoms with Gasteiger partial charge in [-0.2, -0.15) is 0 Å². The van der Waals surface area contributed by atoms with Gasteiger partial charge in [0.1, 0.15) is 5.03 Å².